The van der Waals surface area contributed by atoms with Crippen LogP contribution < -0.4 is 5.32 Å². The molecule has 2 fully saturated rings. The zero-order chi connectivity index (χ0) is 15.4. The number of carbonyl (C=O) groups is 2. The number of nitrogens with zero attached hydrogens (tertiary/aromatic N) is 1. The summed E-state index contributed by atoms with van der Waals surface area (Å²) in [6.45, 7) is 5.15. The first-order chi connectivity index (χ1) is 9.99. The lowest BCUT2D eigenvalue weighted by Gasteiger charge is -2.34. The average Bonchev–Trinajstić information content (AvgIpc) is 2.49. The summed E-state index contributed by atoms with van der Waals surface area (Å²) in [5, 5.41) is 12.9. The van der Waals surface area contributed by atoms with Crippen LogP contribution in [0.5, 0.6) is 0 Å². The fourth-order valence-corrected chi connectivity index (χ4v) is 3.31. The molecule has 1 heterocycles. The Morgan fingerprint density at radius 1 is 1.10 bits per heavy atom. The third-order valence-corrected chi connectivity index (χ3v) is 4.73. The number of piperidine rings is 1. The lowest BCUT2D eigenvalue weighted by molar-refractivity contribution is -0.138. The number of likely N-dealkylation sites (tertiary alicyclic amines) is 1. The Bertz CT molecular complexity index is 376. The van der Waals surface area contributed by atoms with Crippen molar-refractivity contribution in [2.45, 2.75) is 64.5 Å². The second-order valence-corrected chi connectivity index (χ2v) is 6.72. The van der Waals surface area contributed by atoms with E-state index in [1.165, 1.54) is 0 Å². The number of aliphatic hydroxyl groups is 1. The lowest BCUT2D eigenvalue weighted by atomic mass is 9.90. The minimum atomic E-state index is -0.398. The molecule has 0 spiro atoms. The van der Waals surface area contributed by atoms with Crippen molar-refractivity contribution in [2.24, 2.45) is 11.8 Å². The number of aliphatic hydroxyl groups excluding tert-OH is 1. The van der Waals surface area contributed by atoms with Gasteiger partial charge in [0.1, 0.15) is 0 Å². The summed E-state index contributed by atoms with van der Waals surface area (Å²) >= 11 is 0. The minimum Gasteiger partial charge on any atom is -0.391 e. The van der Waals surface area contributed by atoms with Crippen molar-refractivity contribution in [1.29, 1.82) is 0 Å². The largest absolute Gasteiger partial charge is 0.391 e. The predicted octanol–water partition coefficient (Wildman–Crippen LogP) is 1.30. The third kappa shape index (κ3) is 4.19. The van der Waals surface area contributed by atoms with Crippen LogP contribution in [0.3, 0.4) is 0 Å². The van der Waals surface area contributed by atoms with E-state index in [1.54, 1.807) is 0 Å². The Kier molecular flexibility index (Phi) is 5.62. The van der Waals surface area contributed by atoms with Crippen LogP contribution in [0, 0.1) is 11.8 Å². The van der Waals surface area contributed by atoms with Gasteiger partial charge in [-0.05, 0) is 25.7 Å². The molecular weight excluding hydrogens is 268 g/mol. The second-order valence-electron chi connectivity index (χ2n) is 6.72. The van der Waals surface area contributed by atoms with Crippen LogP contribution in [0.1, 0.15) is 52.4 Å². The van der Waals surface area contributed by atoms with Gasteiger partial charge in [0.15, 0.2) is 0 Å². The van der Waals surface area contributed by atoms with Crippen LogP contribution in [0.15, 0.2) is 0 Å². The fourth-order valence-electron chi connectivity index (χ4n) is 3.31. The Morgan fingerprint density at radius 2 is 1.71 bits per heavy atom. The molecular formula is C16H28N2O3. The van der Waals surface area contributed by atoms with E-state index in [2.05, 4.69) is 5.32 Å². The summed E-state index contributed by atoms with van der Waals surface area (Å²) in [6.07, 6.45) is 4.83. The molecule has 2 atom stereocenters. The molecule has 1 saturated heterocycles. The van der Waals surface area contributed by atoms with Gasteiger partial charge in [-0.1, -0.05) is 26.7 Å². The summed E-state index contributed by atoms with van der Waals surface area (Å²) < 4.78 is 0. The standard InChI is InChI=1S/C16H28N2O3/c1-11(2)16(21)18-9-7-12(8-10-18)15(20)17-13-5-3-4-6-14(13)19/h11-14,19H,3-10H2,1-2H3,(H,17,20)/t13-,14-/m1/s1. The van der Waals surface area contributed by atoms with Gasteiger partial charge in [-0.3, -0.25) is 9.59 Å². The average molecular weight is 296 g/mol. The molecule has 2 aliphatic rings. The highest BCUT2D eigenvalue weighted by Crippen LogP contribution is 2.22. The van der Waals surface area contributed by atoms with Crippen LogP contribution >= 0.6 is 0 Å². The molecule has 2 N–H and O–H groups in total. The van der Waals surface area contributed by atoms with Crippen molar-refractivity contribution in [3.8, 4) is 0 Å². The number of hydrogen-bond donors (Lipinski definition) is 2. The number of nitrogens with one attached hydrogen (secondary N) is 1. The van der Waals surface area contributed by atoms with Gasteiger partial charge in [-0.2, -0.15) is 0 Å². The molecule has 0 unspecified atom stereocenters. The van der Waals surface area contributed by atoms with E-state index in [0.29, 0.717) is 13.1 Å². The van der Waals surface area contributed by atoms with E-state index in [9.17, 15) is 14.7 Å². The molecule has 0 aromatic rings. The zero-order valence-electron chi connectivity index (χ0n) is 13.2. The molecule has 1 aliphatic carbocycles. The van der Waals surface area contributed by atoms with E-state index in [1.807, 2.05) is 18.7 Å². The van der Waals surface area contributed by atoms with Crippen LogP contribution in [0.4, 0.5) is 0 Å². The molecule has 2 amide bonds. The molecule has 1 saturated carbocycles. The summed E-state index contributed by atoms with van der Waals surface area (Å²) in [5.74, 6) is 0.234. The molecule has 2 rings (SSSR count). The SMILES string of the molecule is CC(C)C(=O)N1CCC(C(=O)N[C@@H]2CCCC[C@H]2O)CC1. The normalized spacial score (nSPS) is 27.7. The Labute approximate surface area is 127 Å². The molecule has 0 aromatic carbocycles. The van der Waals surface area contributed by atoms with Gasteiger partial charge in [0, 0.05) is 24.9 Å². The molecule has 120 valence electrons. The molecule has 0 bridgehead atoms. The highest BCUT2D eigenvalue weighted by Gasteiger charge is 2.31. The molecule has 21 heavy (non-hydrogen) atoms. The maximum atomic E-state index is 12.3. The quantitative estimate of drug-likeness (QED) is 0.825. The Balaban J connectivity index is 1.79. The molecule has 5 heteroatoms. The van der Waals surface area contributed by atoms with E-state index in [4.69, 9.17) is 0 Å². The summed E-state index contributed by atoms with van der Waals surface area (Å²) in [6, 6.07) is -0.0819. The Hall–Kier alpha value is -1.10. The highest BCUT2D eigenvalue weighted by atomic mass is 16.3. The van der Waals surface area contributed by atoms with E-state index >= 15 is 0 Å². The minimum absolute atomic E-state index is 0.0182. The first-order valence-electron chi connectivity index (χ1n) is 8.26. The van der Waals surface area contributed by atoms with Gasteiger partial charge in [-0.25, -0.2) is 0 Å². The number of rotatable bonds is 3. The van der Waals surface area contributed by atoms with Crippen molar-refractivity contribution < 1.29 is 14.7 Å². The number of carbonyl (C=O) groups excluding carboxylic acids is 2. The Morgan fingerprint density at radius 3 is 2.29 bits per heavy atom. The number of hydrogen-bond acceptors (Lipinski definition) is 3. The molecule has 5 nitrogen and oxygen atoms in total. The summed E-state index contributed by atoms with van der Waals surface area (Å²) in [5.41, 5.74) is 0. The lowest BCUT2D eigenvalue weighted by Crippen LogP contribution is -2.49. The summed E-state index contributed by atoms with van der Waals surface area (Å²) in [7, 11) is 0. The van der Waals surface area contributed by atoms with Gasteiger partial charge in [0.2, 0.25) is 11.8 Å². The van der Waals surface area contributed by atoms with Gasteiger partial charge in [-0.15, -0.1) is 0 Å². The highest BCUT2D eigenvalue weighted by molar-refractivity contribution is 5.81. The molecule has 0 radical (unpaired) electrons. The number of amides is 2. The van der Waals surface area contributed by atoms with Crippen molar-refractivity contribution >= 4 is 11.8 Å². The molecule has 0 aromatic heterocycles. The monoisotopic (exact) mass is 296 g/mol. The fraction of sp³-hybridized carbons (Fsp3) is 0.875. The first-order valence-corrected chi connectivity index (χ1v) is 8.26. The van der Waals surface area contributed by atoms with Gasteiger partial charge < -0.3 is 15.3 Å². The van der Waals surface area contributed by atoms with Crippen LogP contribution in [-0.2, 0) is 9.59 Å². The van der Waals surface area contributed by atoms with Crippen molar-refractivity contribution in [3.63, 3.8) is 0 Å². The van der Waals surface area contributed by atoms with Crippen LogP contribution in [0.25, 0.3) is 0 Å². The van der Waals surface area contributed by atoms with Gasteiger partial charge >= 0.3 is 0 Å². The predicted molar refractivity (Wildman–Crippen MR) is 80.5 cm³/mol. The van der Waals surface area contributed by atoms with Crippen LogP contribution in [0.2, 0.25) is 0 Å². The van der Waals surface area contributed by atoms with Gasteiger partial charge in [0.25, 0.3) is 0 Å². The second kappa shape index (κ2) is 7.25. The smallest absolute Gasteiger partial charge is 0.225 e. The molecule has 1 aliphatic heterocycles. The van der Waals surface area contributed by atoms with Crippen molar-refractivity contribution in [1.82, 2.24) is 10.2 Å². The van der Waals surface area contributed by atoms with Crippen molar-refractivity contribution in [2.75, 3.05) is 13.1 Å². The maximum absolute atomic E-state index is 12.3. The van der Waals surface area contributed by atoms with Crippen LogP contribution in [-0.4, -0.2) is 47.1 Å². The van der Waals surface area contributed by atoms with E-state index in [-0.39, 0.29) is 29.7 Å². The van der Waals surface area contributed by atoms with E-state index < -0.39 is 6.10 Å². The first kappa shape index (κ1) is 16.3. The zero-order valence-corrected chi connectivity index (χ0v) is 13.2. The van der Waals surface area contributed by atoms with E-state index in [0.717, 1.165) is 38.5 Å². The third-order valence-electron chi connectivity index (χ3n) is 4.73. The van der Waals surface area contributed by atoms with Crippen molar-refractivity contribution in [3.05, 3.63) is 0 Å². The van der Waals surface area contributed by atoms with Gasteiger partial charge in [0.05, 0.1) is 12.1 Å². The summed E-state index contributed by atoms with van der Waals surface area (Å²) in [4.78, 5) is 26.1. The topological polar surface area (TPSA) is 69.6 Å². The maximum Gasteiger partial charge on any atom is 0.225 e.